The van der Waals surface area contributed by atoms with Crippen LogP contribution in [0.1, 0.15) is 68.9 Å². The summed E-state index contributed by atoms with van der Waals surface area (Å²) in [6, 6.07) is 25.7. The molecule has 2 atom stereocenters. The van der Waals surface area contributed by atoms with Gasteiger partial charge in [0, 0.05) is 36.3 Å². The van der Waals surface area contributed by atoms with Gasteiger partial charge in [0.25, 0.3) is 5.91 Å². The lowest BCUT2D eigenvalue weighted by atomic mass is 9.94. The molecule has 0 aliphatic carbocycles. The molecule has 1 aliphatic rings. The van der Waals surface area contributed by atoms with Crippen molar-refractivity contribution in [1.82, 2.24) is 4.57 Å². The number of nitrogens with one attached hydrogen (secondary N) is 1. The second kappa shape index (κ2) is 13.1. The number of anilines is 1. The Balaban J connectivity index is 1.67. The van der Waals surface area contributed by atoms with Crippen molar-refractivity contribution in [2.24, 2.45) is 0 Å². The summed E-state index contributed by atoms with van der Waals surface area (Å²) >= 11 is 0. The van der Waals surface area contributed by atoms with Crippen molar-refractivity contribution >= 4 is 17.9 Å². The highest BCUT2D eigenvalue weighted by molar-refractivity contribution is 6.12. The Bertz CT molecular complexity index is 1550. The SMILES string of the molecule is CC(C)c1c(C(=O)Nc2ccccc2)c(-c2ccccc2)c(-c2ccc(F)cc2)n1CC[C@@H]1C[C@H](CC=O)OC(C)(C)O1. The zero-order valence-corrected chi connectivity index (χ0v) is 25.2. The van der Waals surface area contributed by atoms with E-state index < -0.39 is 5.79 Å². The maximum absolute atomic E-state index is 14.2. The molecule has 4 aromatic rings. The van der Waals surface area contributed by atoms with Gasteiger partial charge in [0.15, 0.2) is 5.79 Å². The van der Waals surface area contributed by atoms with Gasteiger partial charge in [-0.05, 0) is 73.7 Å². The van der Waals surface area contributed by atoms with Crippen molar-refractivity contribution in [2.75, 3.05) is 5.32 Å². The predicted molar refractivity (Wildman–Crippen MR) is 167 cm³/mol. The summed E-state index contributed by atoms with van der Waals surface area (Å²) in [5.41, 5.74) is 5.55. The third kappa shape index (κ3) is 6.95. The number of nitrogens with zero attached hydrogens (tertiary/aromatic N) is 1. The Morgan fingerprint density at radius 2 is 1.58 bits per heavy atom. The number of para-hydroxylation sites is 1. The van der Waals surface area contributed by atoms with E-state index in [1.807, 2.05) is 74.5 Å². The number of amides is 1. The molecule has 2 heterocycles. The maximum Gasteiger partial charge on any atom is 0.258 e. The van der Waals surface area contributed by atoms with E-state index >= 15 is 0 Å². The monoisotopic (exact) mass is 582 g/mol. The van der Waals surface area contributed by atoms with E-state index in [1.165, 1.54) is 12.1 Å². The number of aromatic nitrogens is 1. The number of halogens is 1. The van der Waals surface area contributed by atoms with Crippen LogP contribution < -0.4 is 5.32 Å². The second-order valence-electron chi connectivity index (χ2n) is 11.8. The van der Waals surface area contributed by atoms with Gasteiger partial charge in [-0.2, -0.15) is 0 Å². The number of hydrogen-bond acceptors (Lipinski definition) is 4. The molecule has 1 saturated heterocycles. The molecule has 0 unspecified atom stereocenters. The van der Waals surface area contributed by atoms with Gasteiger partial charge in [-0.1, -0.05) is 62.4 Å². The zero-order chi connectivity index (χ0) is 30.6. The minimum Gasteiger partial charge on any atom is -0.347 e. The molecule has 43 heavy (non-hydrogen) atoms. The van der Waals surface area contributed by atoms with E-state index in [9.17, 15) is 14.0 Å². The third-order valence-electron chi connectivity index (χ3n) is 7.75. The molecule has 3 aromatic carbocycles. The molecule has 1 aromatic heterocycles. The van der Waals surface area contributed by atoms with Crippen molar-refractivity contribution in [3.8, 4) is 22.4 Å². The Morgan fingerprint density at radius 1 is 0.953 bits per heavy atom. The molecular weight excluding hydrogens is 543 g/mol. The van der Waals surface area contributed by atoms with Crippen LogP contribution in [0, 0.1) is 5.82 Å². The number of hydrogen-bond donors (Lipinski definition) is 1. The van der Waals surface area contributed by atoms with Gasteiger partial charge in [-0.25, -0.2) is 4.39 Å². The highest BCUT2D eigenvalue weighted by Crippen LogP contribution is 2.43. The quantitative estimate of drug-likeness (QED) is 0.191. The van der Waals surface area contributed by atoms with Crippen molar-refractivity contribution < 1.29 is 23.5 Å². The van der Waals surface area contributed by atoms with Crippen molar-refractivity contribution in [1.29, 1.82) is 0 Å². The molecule has 0 spiro atoms. The number of aldehydes is 1. The average Bonchev–Trinajstić information content (AvgIpc) is 3.32. The van der Waals surface area contributed by atoms with E-state index in [0.29, 0.717) is 37.1 Å². The van der Waals surface area contributed by atoms with Gasteiger partial charge in [-0.15, -0.1) is 0 Å². The first-order chi connectivity index (χ1) is 20.7. The molecule has 1 N–H and O–H groups in total. The van der Waals surface area contributed by atoms with Crippen LogP contribution >= 0.6 is 0 Å². The predicted octanol–water partition coefficient (Wildman–Crippen LogP) is 8.23. The number of benzene rings is 3. The molecule has 1 fully saturated rings. The lowest BCUT2D eigenvalue weighted by Crippen LogP contribution is -2.45. The largest absolute Gasteiger partial charge is 0.347 e. The van der Waals surface area contributed by atoms with E-state index in [2.05, 4.69) is 23.7 Å². The fourth-order valence-electron chi connectivity index (χ4n) is 6.13. The van der Waals surface area contributed by atoms with E-state index in [0.717, 1.165) is 34.4 Å². The summed E-state index contributed by atoms with van der Waals surface area (Å²) in [6.07, 6.45) is 2.07. The summed E-state index contributed by atoms with van der Waals surface area (Å²) in [6.45, 7) is 8.46. The zero-order valence-electron chi connectivity index (χ0n) is 25.2. The molecule has 0 radical (unpaired) electrons. The summed E-state index contributed by atoms with van der Waals surface area (Å²) in [7, 11) is 0. The van der Waals surface area contributed by atoms with Gasteiger partial charge in [0.2, 0.25) is 0 Å². The van der Waals surface area contributed by atoms with Gasteiger partial charge in [0.1, 0.15) is 12.1 Å². The van der Waals surface area contributed by atoms with E-state index in [-0.39, 0.29) is 29.9 Å². The average molecular weight is 583 g/mol. The summed E-state index contributed by atoms with van der Waals surface area (Å²) in [4.78, 5) is 25.5. The summed E-state index contributed by atoms with van der Waals surface area (Å²) < 4.78 is 28.6. The van der Waals surface area contributed by atoms with Crippen molar-refractivity contribution in [2.45, 2.75) is 77.4 Å². The maximum atomic E-state index is 14.2. The number of ether oxygens (including phenoxy) is 2. The number of carbonyl (C=O) groups is 2. The molecule has 6 nitrogen and oxygen atoms in total. The van der Waals surface area contributed by atoms with Crippen LogP contribution in [0.5, 0.6) is 0 Å². The van der Waals surface area contributed by atoms with Crippen molar-refractivity contribution in [3.63, 3.8) is 0 Å². The molecule has 5 rings (SSSR count). The Labute approximate surface area is 252 Å². The van der Waals surface area contributed by atoms with Crippen LogP contribution in [0.4, 0.5) is 10.1 Å². The van der Waals surface area contributed by atoms with Crippen LogP contribution in [0.2, 0.25) is 0 Å². The Morgan fingerprint density at radius 3 is 2.21 bits per heavy atom. The molecule has 0 bridgehead atoms. The normalized spacial score (nSPS) is 18.0. The van der Waals surface area contributed by atoms with Crippen LogP contribution in [0.3, 0.4) is 0 Å². The highest BCUT2D eigenvalue weighted by Gasteiger charge is 2.36. The topological polar surface area (TPSA) is 69.6 Å². The van der Waals surface area contributed by atoms with Crippen LogP contribution in [0.15, 0.2) is 84.9 Å². The lowest BCUT2D eigenvalue weighted by Gasteiger charge is -2.40. The Hall–Kier alpha value is -4.07. The number of carbonyl (C=O) groups excluding carboxylic acids is 2. The van der Waals surface area contributed by atoms with Gasteiger partial charge in [-0.3, -0.25) is 4.79 Å². The lowest BCUT2D eigenvalue weighted by molar-refractivity contribution is -0.299. The fraction of sp³-hybridized carbons (Fsp3) is 0.333. The van der Waals surface area contributed by atoms with Crippen molar-refractivity contribution in [3.05, 3.63) is 102 Å². The second-order valence-corrected chi connectivity index (χ2v) is 11.8. The first-order valence-corrected chi connectivity index (χ1v) is 14.9. The molecular formula is C36H39FN2O4. The van der Waals surface area contributed by atoms with Gasteiger partial charge >= 0.3 is 0 Å². The molecule has 224 valence electrons. The highest BCUT2D eigenvalue weighted by atomic mass is 19.1. The minimum absolute atomic E-state index is 0.0111. The third-order valence-corrected chi connectivity index (χ3v) is 7.75. The molecule has 7 heteroatoms. The Kier molecular flexibility index (Phi) is 9.23. The summed E-state index contributed by atoms with van der Waals surface area (Å²) in [5.74, 6) is -1.36. The van der Waals surface area contributed by atoms with Crippen LogP contribution in [-0.4, -0.2) is 34.8 Å². The molecule has 1 amide bonds. The first-order valence-electron chi connectivity index (χ1n) is 14.9. The van der Waals surface area contributed by atoms with Crippen LogP contribution in [0.25, 0.3) is 22.4 Å². The smallest absolute Gasteiger partial charge is 0.258 e. The molecule has 0 saturated carbocycles. The first kappa shape index (κ1) is 30.4. The summed E-state index contributed by atoms with van der Waals surface area (Å²) in [5, 5.41) is 3.11. The minimum atomic E-state index is -0.816. The van der Waals surface area contributed by atoms with E-state index in [4.69, 9.17) is 9.47 Å². The van der Waals surface area contributed by atoms with Crippen LogP contribution in [-0.2, 0) is 20.8 Å². The van der Waals surface area contributed by atoms with Gasteiger partial charge in [0.05, 0.1) is 23.5 Å². The van der Waals surface area contributed by atoms with Gasteiger partial charge < -0.3 is 24.2 Å². The van der Waals surface area contributed by atoms with E-state index in [1.54, 1.807) is 12.1 Å². The molecule has 1 aliphatic heterocycles. The fourth-order valence-corrected chi connectivity index (χ4v) is 6.13. The number of rotatable bonds is 10. The standard InChI is InChI=1S/C36H39FN2O4/c1-24(2)33-32(35(41)38-28-13-9-6-10-14-28)31(25-11-7-5-8-12-25)34(26-15-17-27(37)18-16-26)39(33)21-19-29-23-30(20-22-40)43-36(3,4)42-29/h5-18,22,24,29-30H,19-21,23H2,1-4H3,(H,38,41)/t29-,30+/m1/s1.